The van der Waals surface area contributed by atoms with Gasteiger partial charge in [0.05, 0.1) is 19.3 Å². The summed E-state index contributed by atoms with van der Waals surface area (Å²) in [5, 5.41) is 10.6. The van der Waals surface area contributed by atoms with E-state index in [9.17, 15) is 5.11 Å². The van der Waals surface area contributed by atoms with Crippen molar-refractivity contribution < 1.29 is 14.6 Å². The van der Waals surface area contributed by atoms with E-state index in [1.807, 2.05) is 0 Å². The Morgan fingerprint density at radius 3 is 2.76 bits per heavy atom. The molecule has 1 saturated carbocycles. The number of aliphatic hydroxyl groups excluding tert-OH is 1. The van der Waals surface area contributed by atoms with Crippen LogP contribution in [0.5, 0.6) is 0 Å². The number of rotatable bonds is 1. The molecule has 5 nitrogen and oxygen atoms in total. The Balaban J connectivity index is 1.50. The maximum absolute atomic E-state index is 10.6. The first kappa shape index (κ1) is 14.4. The molecule has 0 radical (unpaired) electrons. The fraction of sp³-hybridized carbons (Fsp3) is 1.00. The van der Waals surface area contributed by atoms with Gasteiger partial charge in [0, 0.05) is 44.1 Å². The molecule has 0 aromatic carbocycles. The standard InChI is InChI=1S/C16H28N2O3/c1-12-10-17-6-2-3-13(17)11-18(12)14-9-16(5-4-15(14)19)20-7-8-21-16/h12-15,19H,2-11H2,1H3. The van der Waals surface area contributed by atoms with Crippen molar-refractivity contribution in [1.29, 1.82) is 0 Å². The largest absolute Gasteiger partial charge is 0.391 e. The summed E-state index contributed by atoms with van der Waals surface area (Å²) in [6.07, 6.45) is 4.85. The van der Waals surface area contributed by atoms with E-state index in [0.29, 0.717) is 25.3 Å². The van der Waals surface area contributed by atoms with Crippen LogP contribution < -0.4 is 0 Å². The van der Waals surface area contributed by atoms with Gasteiger partial charge in [-0.1, -0.05) is 0 Å². The summed E-state index contributed by atoms with van der Waals surface area (Å²) in [7, 11) is 0. The minimum atomic E-state index is -0.406. The quantitative estimate of drug-likeness (QED) is 0.776. The number of fused-ring (bicyclic) bond motifs is 1. The van der Waals surface area contributed by atoms with Gasteiger partial charge < -0.3 is 14.6 Å². The molecule has 4 unspecified atom stereocenters. The molecule has 1 spiro atoms. The molecular formula is C16H28N2O3. The van der Waals surface area contributed by atoms with E-state index < -0.39 is 5.79 Å². The summed E-state index contributed by atoms with van der Waals surface area (Å²) in [6, 6.07) is 1.39. The zero-order chi connectivity index (χ0) is 14.4. The lowest BCUT2D eigenvalue weighted by Gasteiger charge is -2.50. The lowest BCUT2D eigenvalue weighted by molar-refractivity contribution is -0.210. The van der Waals surface area contributed by atoms with Crippen LogP contribution >= 0.6 is 0 Å². The van der Waals surface area contributed by atoms with Crippen LogP contribution in [-0.4, -0.2) is 77.8 Å². The molecule has 4 fully saturated rings. The third kappa shape index (κ3) is 2.53. The first-order chi connectivity index (χ1) is 10.2. The maximum Gasteiger partial charge on any atom is 0.170 e. The van der Waals surface area contributed by atoms with Gasteiger partial charge in [-0.3, -0.25) is 9.80 Å². The SMILES string of the molecule is CC1CN2CCCC2CN1C1CC2(CCC1O)OCCO2. The van der Waals surface area contributed by atoms with Crippen molar-refractivity contribution in [3.63, 3.8) is 0 Å². The smallest absolute Gasteiger partial charge is 0.170 e. The van der Waals surface area contributed by atoms with Gasteiger partial charge in [0.2, 0.25) is 0 Å². The van der Waals surface area contributed by atoms with E-state index in [1.54, 1.807) is 0 Å². The van der Waals surface area contributed by atoms with Crippen LogP contribution in [0.4, 0.5) is 0 Å². The van der Waals surface area contributed by atoms with E-state index in [2.05, 4.69) is 16.7 Å². The summed E-state index contributed by atoms with van der Waals surface area (Å²) < 4.78 is 11.8. The molecule has 3 aliphatic heterocycles. The van der Waals surface area contributed by atoms with Crippen molar-refractivity contribution in [2.45, 2.75) is 69.0 Å². The van der Waals surface area contributed by atoms with Crippen molar-refractivity contribution >= 4 is 0 Å². The minimum absolute atomic E-state index is 0.189. The van der Waals surface area contributed by atoms with Crippen molar-refractivity contribution in [3.8, 4) is 0 Å². The average molecular weight is 296 g/mol. The van der Waals surface area contributed by atoms with Crippen LogP contribution in [0, 0.1) is 0 Å². The van der Waals surface area contributed by atoms with Crippen LogP contribution in [0.2, 0.25) is 0 Å². The second-order valence-electron chi connectivity index (χ2n) is 7.32. The zero-order valence-corrected chi connectivity index (χ0v) is 13.0. The average Bonchev–Trinajstić information content (AvgIpc) is 3.10. The second kappa shape index (κ2) is 5.46. The highest BCUT2D eigenvalue weighted by atomic mass is 16.7. The predicted octanol–water partition coefficient (Wildman–Crippen LogP) is 0.811. The normalized spacial score (nSPS) is 44.3. The number of aliphatic hydroxyl groups is 1. The number of nitrogens with zero attached hydrogens (tertiary/aromatic N) is 2. The van der Waals surface area contributed by atoms with Crippen LogP contribution in [0.3, 0.4) is 0 Å². The molecule has 4 atom stereocenters. The third-order valence-electron chi connectivity index (χ3n) is 6.01. The molecular weight excluding hydrogens is 268 g/mol. The molecule has 120 valence electrons. The molecule has 0 aromatic heterocycles. The Bertz CT molecular complexity index is 386. The molecule has 0 bridgehead atoms. The van der Waals surface area contributed by atoms with E-state index in [1.165, 1.54) is 19.4 Å². The number of ether oxygens (including phenoxy) is 2. The zero-order valence-electron chi connectivity index (χ0n) is 13.0. The summed E-state index contributed by atoms with van der Waals surface area (Å²) in [4.78, 5) is 5.18. The lowest BCUT2D eigenvalue weighted by Crippen LogP contribution is -2.63. The van der Waals surface area contributed by atoms with Gasteiger partial charge >= 0.3 is 0 Å². The van der Waals surface area contributed by atoms with Gasteiger partial charge in [0.15, 0.2) is 5.79 Å². The monoisotopic (exact) mass is 296 g/mol. The molecule has 21 heavy (non-hydrogen) atoms. The Morgan fingerprint density at radius 2 is 1.95 bits per heavy atom. The van der Waals surface area contributed by atoms with Crippen LogP contribution in [0.15, 0.2) is 0 Å². The molecule has 3 saturated heterocycles. The van der Waals surface area contributed by atoms with E-state index in [4.69, 9.17) is 9.47 Å². The van der Waals surface area contributed by atoms with Crippen LogP contribution in [0.25, 0.3) is 0 Å². The summed E-state index contributed by atoms with van der Waals surface area (Å²) in [6.45, 7) is 7.20. The molecule has 3 heterocycles. The first-order valence-corrected chi connectivity index (χ1v) is 8.63. The molecule has 4 rings (SSSR count). The van der Waals surface area contributed by atoms with Gasteiger partial charge in [0.1, 0.15) is 0 Å². The number of hydrogen-bond donors (Lipinski definition) is 1. The van der Waals surface area contributed by atoms with Gasteiger partial charge in [-0.15, -0.1) is 0 Å². The summed E-state index contributed by atoms with van der Waals surface area (Å²) >= 11 is 0. The van der Waals surface area contributed by atoms with Crippen molar-refractivity contribution in [3.05, 3.63) is 0 Å². The summed E-state index contributed by atoms with van der Waals surface area (Å²) in [5.74, 6) is -0.406. The molecule has 1 aliphatic carbocycles. The van der Waals surface area contributed by atoms with Crippen LogP contribution in [0.1, 0.15) is 39.0 Å². The number of hydrogen-bond acceptors (Lipinski definition) is 5. The van der Waals surface area contributed by atoms with Crippen molar-refractivity contribution in [2.24, 2.45) is 0 Å². The maximum atomic E-state index is 10.6. The molecule has 0 amide bonds. The fourth-order valence-electron chi connectivity index (χ4n) is 4.89. The Kier molecular flexibility index (Phi) is 3.74. The van der Waals surface area contributed by atoms with Gasteiger partial charge in [-0.25, -0.2) is 0 Å². The Hall–Kier alpha value is -0.200. The van der Waals surface area contributed by atoms with Crippen molar-refractivity contribution in [2.75, 3.05) is 32.8 Å². The Morgan fingerprint density at radius 1 is 1.14 bits per heavy atom. The molecule has 5 heteroatoms. The highest BCUT2D eigenvalue weighted by molar-refractivity contribution is 4.99. The second-order valence-corrected chi connectivity index (χ2v) is 7.32. The predicted molar refractivity (Wildman–Crippen MR) is 79.0 cm³/mol. The van der Waals surface area contributed by atoms with Crippen molar-refractivity contribution in [1.82, 2.24) is 9.80 Å². The Labute approximate surface area is 127 Å². The van der Waals surface area contributed by atoms with Gasteiger partial charge in [0.25, 0.3) is 0 Å². The molecule has 1 N–H and O–H groups in total. The molecule has 0 aromatic rings. The highest BCUT2D eigenvalue weighted by Crippen LogP contribution is 2.39. The van der Waals surface area contributed by atoms with E-state index in [-0.39, 0.29) is 12.1 Å². The first-order valence-electron chi connectivity index (χ1n) is 8.63. The fourth-order valence-corrected chi connectivity index (χ4v) is 4.89. The van der Waals surface area contributed by atoms with Gasteiger partial charge in [-0.05, 0) is 32.7 Å². The highest BCUT2D eigenvalue weighted by Gasteiger charge is 2.49. The molecule has 4 aliphatic rings. The third-order valence-corrected chi connectivity index (χ3v) is 6.01. The van der Waals surface area contributed by atoms with E-state index in [0.717, 1.165) is 32.4 Å². The number of piperazine rings is 1. The van der Waals surface area contributed by atoms with Gasteiger partial charge in [-0.2, -0.15) is 0 Å². The summed E-state index contributed by atoms with van der Waals surface area (Å²) in [5.41, 5.74) is 0. The topological polar surface area (TPSA) is 45.2 Å². The minimum Gasteiger partial charge on any atom is -0.391 e. The van der Waals surface area contributed by atoms with Crippen LogP contribution in [-0.2, 0) is 9.47 Å². The lowest BCUT2D eigenvalue weighted by atomic mass is 9.85. The van der Waals surface area contributed by atoms with E-state index >= 15 is 0 Å².